The molecule has 0 heterocycles. The Morgan fingerprint density at radius 2 is 1.55 bits per heavy atom. The van der Waals surface area contributed by atoms with Crippen molar-refractivity contribution >= 4 is 8.24 Å². The summed E-state index contributed by atoms with van der Waals surface area (Å²) in [5.74, 6) is 0. The van der Waals surface area contributed by atoms with Gasteiger partial charge in [0.05, 0.1) is 0 Å². The van der Waals surface area contributed by atoms with Crippen molar-refractivity contribution in [3.8, 4) is 0 Å². The van der Waals surface area contributed by atoms with Crippen LogP contribution in [-0.2, 0) is 0 Å². The van der Waals surface area contributed by atoms with Crippen LogP contribution in [0.5, 0.6) is 0 Å². The first-order chi connectivity index (χ1) is 4.63. The molecule has 1 nitrogen and oxygen atoms in total. The number of hydrogen-bond donors (Lipinski definition) is 1. The molecule has 0 aliphatic heterocycles. The Balaban J connectivity index is 4.11. The first-order valence-electron chi connectivity index (χ1n) is 4.10. The van der Waals surface area contributed by atoms with Crippen molar-refractivity contribution in [1.82, 2.24) is 4.98 Å². The van der Waals surface area contributed by atoms with Crippen molar-refractivity contribution in [2.75, 3.05) is 0 Å². The zero-order valence-corrected chi connectivity index (χ0v) is 9.71. The highest BCUT2D eigenvalue weighted by Crippen LogP contribution is 2.22. The summed E-state index contributed by atoms with van der Waals surface area (Å²) in [6, 6.07) is 0. The smallest absolute Gasteiger partial charge is 0.143 e. The van der Waals surface area contributed by atoms with Crippen LogP contribution in [0, 0.1) is 5.41 Å². The van der Waals surface area contributed by atoms with Crippen molar-refractivity contribution in [3.05, 3.63) is 12.3 Å². The summed E-state index contributed by atoms with van der Waals surface area (Å²) in [7, 11) is -1.18. The molecule has 0 aromatic heterocycles. The van der Waals surface area contributed by atoms with E-state index in [1.165, 1.54) is 0 Å². The van der Waals surface area contributed by atoms with E-state index in [0.29, 0.717) is 0 Å². The fraction of sp³-hybridized carbons (Fsp3) is 0.778. The van der Waals surface area contributed by atoms with E-state index in [2.05, 4.69) is 52.0 Å². The molecule has 11 heavy (non-hydrogen) atoms. The largest absolute Gasteiger partial charge is 0.414 e. The van der Waals surface area contributed by atoms with E-state index < -0.39 is 8.24 Å². The van der Waals surface area contributed by atoms with Gasteiger partial charge in [-0.2, -0.15) is 0 Å². The predicted molar refractivity (Wildman–Crippen MR) is 55.1 cm³/mol. The second kappa shape index (κ2) is 3.01. The van der Waals surface area contributed by atoms with Crippen LogP contribution < -0.4 is 4.98 Å². The number of rotatable bonds is 2. The molecule has 0 rings (SSSR count). The highest BCUT2D eigenvalue weighted by atomic mass is 28.3. The van der Waals surface area contributed by atoms with Crippen molar-refractivity contribution < 1.29 is 0 Å². The summed E-state index contributed by atoms with van der Waals surface area (Å²) >= 11 is 0. The summed E-state index contributed by atoms with van der Waals surface area (Å²) in [4.78, 5) is 3.50. The zero-order valence-electron chi connectivity index (χ0n) is 8.71. The fourth-order valence-electron chi connectivity index (χ4n) is 0.640. The van der Waals surface area contributed by atoms with Gasteiger partial charge in [0, 0.05) is 11.1 Å². The van der Waals surface area contributed by atoms with Crippen LogP contribution in [0.15, 0.2) is 12.3 Å². The molecule has 0 aromatic rings. The summed E-state index contributed by atoms with van der Waals surface area (Å²) in [5.41, 5.74) is 1.36. The number of allylic oxidation sites excluding steroid dienone is 1. The molecular formula is C9H21NSi. The van der Waals surface area contributed by atoms with Gasteiger partial charge in [-0.25, -0.2) is 0 Å². The Labute approximate surface area is 72.0 Å². The highest BCUT2D eigenvalue weighted by molar-refractivity contribution is 6.74. The lowest BCUT2D eigenvalue weighted by molar-refractivity contribution is 0.486. The molecule has 0 saturated carbocycles. The minimum Gasteiger partial charge on any atom is -0.414 e. The first-order valence-corrected chi connectivity index (χ1v) is 7.60. The number of nitrogens with one attached hydrogen (secondary N) is 1. The lowest BCUT2D eigenvalue weighted by Crippen LogP contribution is -2.43. The average Bonchev–Trinajstić information content (AvgIpc) is 1.56. The number of hydrogen-bond acceptors (Lipinski definition) is 1. The van der Waals surface area contributed by atoms with Gasteiger partial charge in [0.2, 0.25) is 0 Å². The third kappa shape index (κ3) is 5.07. The Morgan fingerprint density at radius 1 is 1.18 bits per heavy atom. The zero-order chi connectivity index (χ0) is 9.28. The molecule has 1 N–H and O–H groups in total. The van der Waals surface area contributed by atoms with Crippen LogP contribution in [-0.4, -0.2) is 8.24 Å². The van der Waals surface area contributed by atoms with Crippen LogP contribution in [0.4, 0.5) is 0 Å². The first kappa shape index (κ1) is 10.8. The molecule has 0 radical (unpaired) electrons. The van der Waals surface area contributed by atoms with Crippen molar-refractivity contribution in [1.29, 1.82) is 0 Å². The molecule has 0 aliphatic rings. The molecule has 0 spiro atoms. The molecule has 2 heteroatoms. The van der Waals surface area contributed by atoms with Crippen molar-refractivity contribution in [3.63, 3.8) is 0 Å². The molecular weight excluding hydrogens is 150 g/mol. The standard InChI is InChI=1S/C9H21NSi/c1-8(9(2,3)4)10-11(5,6)7/h10H,1H2,2-7H3. The minimum atomic E-state index is -1.18. The average molecular weight is 171 g/mol. The second-order valence-electron chi connectivity index (χ2n) is 5.10. The van der Waals surface area contributed by atoms with E-state index in [0.717, 1.165) is 5.70 Å². The fourth-order valence-corrected chi connectivity index (χ4v) is 1.92. The molecule has 0 amide bonds. The van der Waals surface area contributed by atoms with E-state index in [1.54, 1.807) is 0 Å². The van der Waals surface area contributed by atoms with Crippen LogP contribution in [0.25, 0.3) is 0 Å². The summed E-state index contributed by atoms with van der Waals surface area (Å²) in [5, 5.41) is 0. The van der Waals surface area contributed by atoms with Gasteiger partial charge in [0.15, 0.2) is 0 Å². The van der Waals surface area contributed by atoms with E-state index in [-0.39, 0.29) is 5.41 Å². The third-order valence-electron chi connectivity index (χ3n) is 1.43. The summed E-state index contributed by atoms with van der Waals surface area (Å²) in [6.07, 6.45) is 0. The Kier molecular flexibility index (Phi) is 2.95. The van der Waals surface area contributed by atoms with Crippen LogP contribution in [0.2, 0.25) is 19.6 Å². The van der Waals surface area contributed by atoms with Gasteiger partial charge in [0.1, 0.15) is 8.24 Å². The van der Waals surface area contributed by atoms with Gasteiger partial charge in [-0.05, 0) is 0 Å². The van der Waals surface area contributed by atoms with Crippen LogP contribution >= 0.6 is 0 Å². The van der Waals surface area contributed by atoms with Gasteiger partial charge in [0.25, 0.3) is 0 Å². The van der Waals surface area contributed by atoms with Gasteiger partial charge in [-0.1, -0.05) is 47.0 Å². The quantitative estimate of drug-likeness (QED) is 0.630. The van der Waals surface area contributed by atoms with Crippen molar-refractivity contribution in [2.45, 2.75) is 40.4 Å². The molecule has 0 fully saturated rings. The highest BCUT2D eigenvalue weighted by Gasteiger charge is 2.20. The van der Waals surface area contributed by atoms with Gasteiger partial charge in [-0.3, -0.25) is 0 Å². The Hall–Kier alpha value is -0.243. The van der Waals surface area contributed by atoms with E-state index in [4.69, 9.17) is 0 Å². The topological polar surface area (TPSA) is 12.0 Å². The Morgan fingerprint density at radius 3 is 1.64 bits per heavy atom. The summed E-state index contributed by atoms with van der Waals surface area (Å²) < 4.78 is 0. The third-order valence-corrected chi connectivity index (χ3v) is 2.48. The SMILES string of the molecule is C=C(N[Si](C)(C)C)C(C)(C)C. The maximum Gasteiger partial charge on any atom is 0.143 e. The van der Waals surface area contributed by atoms with Crippen LogP contribution in [0.3, 0.4) is 0 Å². The normalized spacial score (nSPS) is 12.9. The van der Waals surface area contributed by atoms with Gasteiger partial charge >= 0.3 is 0 Å². The molecule has 0 unspecified atom stereocenters. The molecule has 0 aliphatic carbocycles. The van der Waals surface area contributed by atoms with E-state index >= 15 is 0 Å². The molecule has 0 bridgehead atoms. The van der Waals surface area contributed by atoms with Crippen LogP contribution in [0.1, 0.15) is 20.8 Å². The molecule has 66 valence electrons. The molecule has 0 atom stereocenters. The maximum atomic E-state index is 4.03. The van der Waals surface area contributed by atoms with E-state index in [9.17, 15) is 0 Å². The predicted octanol–water partition coefficient (Wildman–Crippen LogP) is 2.97. The summed E-state index contributed by atoms with van der Waals surface area (Å²) in [6.45, 7) is 17.4. The molecule has 0 saturated heterocycles. The Bertz CT molecular complexity index is 148. The minimum absolute atomic E-state index is 0.195. The van der Waals surface area contributed by atoms with E-state index in [1.807, 2.05) is 0 Å². The van der Waals surface area contributed by atoms with Crippen molar-refractivity contribution in [2.24, 2.45) is 5.41 Å². The van der Waals surface area contributed by atoms with Gasteiger partial charge < -0.3 is 4.98 Å². The lowest BCUT2D eigenvalue weighted by atomic mass is 9.94. The second-order valence-corrected chi connectivity index (χ2v) is 9.85. The molecule has 0 aromatic carbocycles. The lowest BCUT2D eigenvalue weighted by Gasteiger charge is -2.29. The monoisotopic (exact) mass is 171 g/mol. The van der Waals surface area contributed by atoms with Gasteiger partial charge in [-0.15, -0.1) is 0 Å². The maximum absolute atomic E-state index is 4.03.